The van der Waals surface area contributed by atoms with Gasteiger partial charge in [0.2, 0.25) is 0 Å². The minimum absolute atomic E-state index is 0.0645. The van der Waals surface area contributed by atoms with Crippen LogP contribution in [0.25, 0.3) is 0 Å². The second-order valence-electron chi connectivity index (χ2n) is 6.74. The number of carbonyl (C=O) groups is 4. The highest BCUT2D eigenvalue weighted by atomic mass is 35.5. The minimum atomic E-state index is -1.31. The zero-order chi connectivity index (χ0) is 24.5. The number of carbonyl (C=O) groups excluding carboxylic acids is 3. The van der Waals surface area contributed by atoms with Crippen molar-refractivity contribution >= 4 is 35.5 Å². The second kappa shape index (κ2) is 11.7. The van der Waals surface area contributed by atoms with Gasteiger partial charge in [-0.3, -0.25) is 14.4 Å². The number of aromatic hydroxyl groups is 1. The third kappa shape index (κ3) is 7.06. The van der Waals surface area contributed by atoms with Crippen LogP contribution in [0.4, 0.5) is 4.79 Å². The van der Waals surface area contributed by atoms with Gasteiger partial charge in [-0.15, -0.1) is 0 Å². The van der Waals surface area contributed by atoms with E-state index in [-0.39, 0.29) is 35.1 Å². The molecular weight excluding hydrogens is 454 g/mol. The molecule has 0 saturated carbocycles. The van der Waals surface area contributed by atoms with E-state index in [1.54, 1.807) is 12.1 Å². The molecule has 0 bridgehead atoms. The Hall–Kier alpha value is -3.89. The predicted molar refractivity (Wildman–Crippen MR) is 119 cm³/mol. The number of rotatable bonds is 9. The fraction of sp³-hybridized carbons (Fsp3) is 0.182. The third-order valence-electron chi connectivity index (χ3n) is 4.23. The van der Waals surface area contributed by atoms with Crippen LogP contribution in [-0.2, 0) is 16.1 Å². The summed E-state index contributed by atoms with van der Waals surface area (Å²) < 4.78 is 4.83. The first-order chi connectivity index (χ1) is 15.6. The van der Waals surface area contributed by atoms with E-state index in [1.165, 1.54) is 43.3 Å². The van der Waals surface area contributed by atoms with Gasteiger partial charge in [0.05, 0.1) is 10.6 Å². The van der Waals surface area contributed by atoms with Crippen molar-refractivity contribution in [3.05, 3.63) is 76.8 Å². The third-order valence-corrected chi connectivity index (χ3v) is 4.54. The van der Waals surface area contributed by atoms with Gasteiger partial charge in [0, 0.05) is 12.1 Å². The number of nitrogens with zero attached hydrogens (tertiary/aromatic N) is 1. The number of benzene rings is 2. The molecule has 3 amide bonds. The summed E-state index contributed by atoms with van der Waals surface area (Å²) in [5.41, 5.74) is 2.90. The van der Waals surface area contributed by atoms with Crippen LogP contribution < -0.4 is 10.7 Å². The Bertz CT molecular complexity index is 1070. The van der Waals surface area contributed by atoms with Gasteiger partial charge in [-0.1, -0.05) is 36.4 Å². The molecule has 0 saturated heterocycles. The SMILES string of the molecule is C=CCOC(=O)N(N[C@@H](C)C(=O)O)C(=O)c1ccc(C(=O)NCc2cccc(O)c2)cc1Cl. The molecule has 0 aliphatic carbocycles. The quantitative estimate of drug-likeness (QED) is 0.320. The number of carboxylic acid groups (broad SMARTS) is 1. The highest BCUT2D eigenvalue weighted by molar-refractivity contribution is 6.34. The summed E-state index contributed by atoms with van der Waals surface area (Å²) in [7, 11) is 0. The molecule has 4 N–H and O–H groups in total. The molecule has 0 aliphatic rings. The number of hydrogen-bond donors (Lipinski definition) is 4. The maximum absolute atomic E-state index is 12.9. The number of hydrogen-bond acceptors (Lipinski definition) is 7. The lowest BCUT2D eigenvalue weighted by Gasteiger charge is -2.23. The van der Waals surface area contributed by atoms with E-state index in [0.717, 1.165) is 0 Å². The number of ether oxygens (including phenoxy) is 1. The smallest absolute Gasteiger partial charge is 0.432 e. The van der Waals surface area contributed by atoms with Crippen LogP contribution in [0, 0.1) is 0 Å². The molecule has 33 heavy (non-hydrogen) atoms. The molecule has 0 spiro atoms. The standard InChI is InChI=1S/C22H22ClN3O7/c1-3-9-33-22(32)26(25-13(2)21(30)31)20(29)17-8-7-15(11-18(17)23)19(28)24-12-14-5-4-6-16(27)10-14/h3-8,10-11,13,25,27H,1,9,12H2,2H3,(H,24,28)(H,30,31)/t13-/m0/s1. The lowest BCUT2D eigenvalue weighted by molar-refractivity contribution is -0.139. The average molecular weight is 476 g/mol. The van der Waals surface area contributed by atoms with Gasteiger partial charge in [-0.05, 0) is 42.8 Å². The topological polar surface area (TPSA) is 145 Å². The van der Waals surface area contributed by atoms with Gasteiger partial charge < -0.3 is 20.3 Å². The number of phenols is 1. The predicted octanol–water partition coefficient (Wildman–Crippen LogP) is 2.72. The van der Waals surface area contributed by atoms with Crippen molar-refractivity contribution in [2.24, 2.45) is 0 Å². The molecular formula is C22H22ClN3O7. The summed E-state index contributed by atoms with van der Waals surface area (Å²) in [6.07, 6.45) is 0.121. The Kier molecular flexibility index (Phi) is 8.96. The maximum atomic E-state index is 12.9. The number of halogens is 1. The van der Waals surface area contributed by atoms with Crippen molar-refractivity contribution in [3.8, 4) is 5.75 Å². The Labute approximate surface area is 194 Å². The normalized spacial score (nSPS) is 11.2. The summed E-state index contributed by atoms with van der Waals surface area (Å²) in [5, 5.41) is 21.5. The summed E-state index contributed by atoms with van der Waals surface area (Å²) in [4.78, 5) is 48.7. The fourth-order valence-corrected chi connectivity index (χ4v) is 2.80. The van der Waals surface area contributed by atoms with E-state index in [4.69, 9.17) is 21.4 Å². The summed E-state index contributed by atoms with van der Waals surface area (Å²) in [5.74, 6) is -2.71. The van der Waals surface area contributed by atoms with Gasteiger partial charge in [0.15, 0.2) is 0 Å². The largest absolute Gasteiger partial charge is 0.508 e. The first-order valence-corrected chi connectivity index (χ1v) is 9.98. The lowest BCUT2D eigenvalue weighted by Crippen LogP contribution is -2.53. The molecule has 0 heterocycles. The van der Waals surface area contributed by atoms with Crippen molar-refractivity contribution in [1.29, 1.82) is 0 Å². The van der Waals surface area contributed by atoms with Crippen LogP contribution in [0.15, 0.2) is 55.1 Å². The van der Waals surface area contributed by atoms with Crippen molar-refractivity contribution < 1.29 is 34.1 Å². The zero-order valence-electron chi connectivity index (χ0n) is 17.6. The van der Waals surface area contributed by atoms with Crippen LogP contribution in [0.1, 0.15) is 33.2 Å². The van der Waals surface area contributed by atoms with E-state index in [1.807, 2.05) is 0 Å². The molecule has 10 nitrogen and oxygen atoms in total. The molecule has 11 heteroatoms. The Morgan fingerprint density at radius 1 is 1.21 bits per heavy atom. The molecule has 1 atom stereocenters. The molecule has 174 valence electrons. The Morgan fingerprint density at radius 2 is 1.94 bits per heavy atom. The van der Waals surface area contributed by atoms with Gasteiger partial charge in [-0.25, -0.2) is 10.2 Å². The van der Waals surface area contributed by atoms with E-state index in [2.05, 4.69) is 17.3 Å². The van der Waals surface area contributed by atoms with Gasteiger partial charge in [-0.2, -0.15) is 5.01 Å². The summed E-state index contributed by atoms with van der Waals surface area (Å²) >= 11 is 6.19. The summed E-state index contributed by atoms with van der Waals surface area (Å²) in [6.45, 7) is 4.56. The minimum Gasteiger partial charge on any atom is -0.508 e. The number of imide groups is 1. The molecule has 2 aromatic rings. The highest BCUT2D eigenvalue weighted by Crippen LogP contribution is 2.20. The molecule has 0 radical (unpaired) electrons. The zero-order valence-corrected chi connectivity index (χ0v) is 18.3. The summed E-state index contributed by atoms with van der Waals surface area (Å²) in [6, 6.07) is 8.86. The van der Waals surface area contributed by atoms with Gasteiger partial charge in [0.25, 0.3) is 11.8 Å². The Balaban J connectivity index is 2.19. The van der Waals surface area contributed by atoms with E-state index < -0.39 is 29.9 Å². The van der Waals surface area contributed by atoms with Crippen molar-refractivity contribution in [3.63, 3.8) is 0 Å². The first kappa shape index (κ1) is 25.4. The van der Waals surface area contributed by atoms with Crippen LogP contribution in [-0.4, -0.2) is 51.7 Å². The van der Waals surface area contributed by atoms with Crippen molar-refractivity contribution in [1.82, 2.24) is 15.8 Å². The molecule has 0 aromatic heterocycles. The molecule has 0 aliphatic heterocycles. The van der Waals surface area contributed by atoms with Crippen LogP contribution in [0.2, 0.25) is 5.02 Å². The van der Waals surface area contributed by atoms with Crippen LogP contribution in [0.5, 0.6) is 5.75 Å². The second-order valence-corrected chi connectivity index (χ2v) is 7.15. The van der Waals surface area contributed by atoms with E-state index in [0.29, 0.717) is 10.6 Å². The van der Waals surface area contributed by atoms with Crippen molar-refractivity contribution in [2.75, 3.05) is 6.61 Å². The van der Waals surface area contributed by atoms with Gasteiger partial charge >= 0.3 is 12.1 Å². The van der Waals surface area contributed by atoms with E-state index in [9.17, 15) is 24.3 Å². The van der Waals surface area contributed by atoms with Crippen LogP contribution in [0.3, 0.4) is 0 Å². The number of phenolic OH excluding ortho intramolecular Hbond substituents is 1. The molecule has 2 aromatic carbocycles. The van der Waals surface area contributed by atoms with Crippen LogP contribution >= 0.6 is 11.6 Å². The lowest BCUT2D eigenvalue weighted by atomic mass is 10.1. The first-order valence-electron chi connectivity index (χ1n) is 9.60. The number of nitrogens with one attached hydrogen (secondary N) is 2. The number of amides is 3. The number of hydrazine groups is 1. The number of carboxylic acids is 1. The molecule has 2 rings (SSSR count). The van der Waals surface area contributed by atoms with Gasteiger partial charge in [0.1, 0.15) is 18.4 Å². The van der Waals surface area contributed by atoms with Crippen molar-refractivity contribution in [2.45, 2.75) is 19.5 Å². The van der Waals surface area contributed by atoms with E-state index >= 15 is 0 Å². The fourth-order valence-electron chi connectivity index (χ4n) is 2.54. The highest BCUT2D eigenvalue weighted by Gasteiger charge is 2.29. The Morgan fingerprint density at radius 3 is 2.55 bits per heavy atom. The monoisotopic (exact) mass is 475 g/mol. The number of aliphatic carboxylic acids is 1. The maximum Gasteiger partial charge on any atom is 0.432 e. The molecule has 0 fully saturated rings. The average Bonchev–Trinajstić information content (AvgIpc) is 2.78. The molecule has 0 unspecified atom stereocenters.